The molecule has 0 saturated carbocycles. The average molecular weight is 451 g/mol. The van der Waals surface area contributed by atoms with Gasteiger partial charge in [0.1, 0.15) is 0 Å². The largest absolute Gasteiger partial charge is 0.454 e. The number of amides is 1. The Balaban J connectivity index is 1.27. The number of piperidine rings is 2. The topological polar surface area (TPSA) is 76.0 Å². The maximum absolute atomic E-state index is 13.1. The second-order valence-electron chi connectivity index (χ2n) is 9.89. The molecular formula is C25H30N4O4. The summed E-state index contributed by atoms with van der Waals surface area (Å²) < 4.78 is 12.7. The van der Waals surface area contributed by atoms with Gasteiger partial charge in [0.15, 0.2) is 11.5 Å². The molecule has 2 aromatic rings. The van der Waals surface area contributed by atoms with E-state index >= 15 is 0 Å². The van der Waals surface area contributed by atoms with E-state index in [-0.39, 0.29) is 24.2 Å². The smallest absolute Gasteiger partial charge is 0.255 e. The van der Waals surface area contributed by atoms with E-state index in [1.54, 1.807) is 30.3 Å². The minimum Gasteiger partial charge on any atom is -0.454 e. The number of aromatic nitrogens is 1. The zero-order valence-electron chi connectivity index (χ0n) is 19.0. The number of anilines is 1. The van der Waals surface area contributed by atoms with Gasteiger partial charge in [-0.05, 0) is 69.6 Å². The van der Waals surface area contributed by atoms with Gasteiger partial charge in [0.05, 0.1) is 5.69 Å². The molecule has 1 amide bonds. The molecule has 1 N–H and O–H groups in total. The van der Waals surface area contributed by atoms with Gasteiger partial charge >= 0.3 is 0 Å². The number of hydrogen-bond acceptors (Lipinski definition) is 6. The van der Waals surface area contributed by atoms with E-state index in [2.05, 4.69) is 22.2 Å². The molecule has 1 aromatic heterocycles. The lowest BCUT2D eigenvalue weighted by Gasteiger charge is -2.47. The fraction of sp³-hybridized carbons (Fsp3) is 0.520. The Bertz CT molecular complexity index is 1140. The maximum atomic E-state index is 13.1. The molecule has 4 aliphatic rings. The molecule has 6 rings (SSSR count). The van der Waals surface area contributed by atoms with Crippen LogP contribution >= 0.6 is 0 Å². The van der Waals surface area contributed by atoms with Crippen molar-refractivity contribution in [1.82, 2.24) is 14.4 Å². The normalized spacial score (nSPS) is 25.0. The molecule has 0 unspecified atom stereocenters. The number of nitrogens with zero attached hydrogens (tertiary/aromatic N) is 3. The van der Waals surface area contributed by atoms with Crippen molar-refractivity contribution in [3.63, 3.8) is 0 Å². The molecule has 174 valence electrons. The van der Waals surface area contributed by atoms with Crippen LogP contribution in [0.4, 0.5) is 5.69 Å². The van der Waals surface area contributed by atoms with Crippen LogP contribution in [0.3, 0.4) is 0 Å². The summed E-state index contributed by atoms with van der Waals surface area (Å²) in [5, 5.41) is 3.09. The Morgan fingerprint density at radius 1 is 1.03 bits per heavy atom. The highest BCUT2D eigenvalue weighted by Gasteiger charge is 2.39. The molecule has 5 heterocycles. The monoisotopic (exact) mass is 450 g/mol. The van der Waals surface area contributed by atoms with Crippen LogP contribution in [0.25, 0.3) is 0 Å². The molecule has 2 fully saturated rings. The molecule has 8 nitrogen and oxygen atoms in total. The highest BCUT2D eigenvalue weighted by molar-refractivity contribution is 6.05. The van der Waals surface area contributed by atoms with Crippen LogP contribution in [0.5, 0.6) is 11.5 Å². The van der Waals surface area contributed by atoms with Crippen LogP contribution in [0, 0.1) is 5.92 Å². The van der Waals surface area contributed by atoms with Gasteiger partial charge < -0.3 is 24.3 Å². The Kier molecular flexibility index (Phi) is 5.14. The first kappa shape index (κ1) is 20.7. The van der Waals surface area contributed by atoms with Crippen LogP contribution in [0.15, 0.2) is 35.1 Å². The summed E-state index contributed by atoms with van der Waals surface area (Å²) in [6.45, 7) is 5.19. The number of pyridine rings is 1. The van der Waals surface area contributed by atoms with E-state index in [1.165, 1.54) is 12.8 Å². The zero-order valence-corrected chi connectivity index (χ0v) is 19.0. The number of ether oxygens (including phenoxy) is 2. The highest BCUT2D eigenvalue weighted by atomic mass is 16.7. The van der Waals surface area contributed by atoms with E-state index in [1.807, 2.05) is 4.57 Å². The van der Waals surface area contributed by atoms with Crippen molar-refractivity contribution >= 4 is 11.6 Å². The zero-order chi connectivity index (χ0) is 22.5. The second-order valence-corrected chi connectivity index (χ2v) is 9.89. The molecule has 33 heavy (non-hydrogen) atoms. The van der Waals surface area contributed by atoms with Gasteiger partial charge in [0.25, 0.3) is 11.5 Å². The van der Waals surface area contributed by atoms with Gasteiger partial charge in [-0.1, -0.05) is 0 Å². The SMILES string of the molecule is CN1CCC(N2C[C@@H]3C[C@H](C2)c2c(NC(=O)c4ccc5c(c4)OCO5)ccc(=O)n2C3)CC1. The summed E-state index contributed by atoms with van der Waals surface area (Å²) in [6, 6.07) is 9.16. The Hall–Kier alpha value is -2.84. The first-order chi connectivity index (χ1) is 16.0. The van der Waals surface area contributed by atoms with E-state index in [0.717, 1.165) is 50.5 Å². The average Bonchev–Trinajstić information content (AvgIpc) is 3.29. The quantitative estimate of drug-likeness (QED) is 0.774. The van der Waals surface area contributed by atoms with Gasteiger partial charge in [-0.15, -0.1) is 0 Å². The van der Waals surface area contributed by atoms with E-state index < -0.39 is 0 Å². The third-order valence-electron chi connectivity index (χ3n) is 7.71. The van der Waals surface area contributed by atoms with E-state index in [4.69, 9.17) is 9.47 Å². The van der Waals surface area contributed by atoms with Crippen molar-refractivity contribution in [3.05, 3.63) is 51.9 Å². The molecule has 0 aliphatic carbocycles. The number of hydrogen-bond donors (Lipinski definition) is 1. The molecule has 8 heteroatoms. The minimum absolute atomic E-state index is 0.0218. The third-order valence-corrected chi connectivity index (χ3v) is 7.71. The van der Waals surface area contributed by atoms with Crippen LogP contribution in [0.1, 0.15) is 41.2 Å². The van der Waals surface area contributed by atoms with Crippen LogP contribution in [0.2, 0.25) is 0 Å². The molecule has 1 aromatic carbocycles. The summed E-state index contributed by atoms with van der Waals surface area (Å²) in [5.74, 6) is 1.75. The fourth-order valence-electron chi connectivity index (χ4n) is 6.05. The van der Waals surface area contributed by atoms with Crippen molar-refractivity contribution < 1.29 is 14.3 Å². The van der Waals surface area contributed by atoms with Crippen molar-refractivity contribution in [2.24, 2.45) is 5.92 Å². The maximum Gasteiger partial charge on any atom is 0.255 e. The summed E-state index contributed by atoms with van der Waals surface area (Å²) in [6.07, 6.45) is 3.47. The summed E-state index contributed by atoms with van der Waals surface area (Å²) in [4.78, 5) is 30.9. The van der Waals surface area contributed by atoms with Crippen molar-refractivity contribution in [2.45, 2.75) is 37.8 Å². The fourth-order valence-corrected chi connectivity index (χ4v) is 6.05. The van der Waals surface area contributed by atoms with E-state index in [0.29, 0.717) is 29.0 Å². The van der Waals surface area contributed by atoms with Crippen LogP contribution in [-0.2, 0) is 6.54 Å². The standard InChI is InChI=1S/C25H30N4O4/c1-27-8-6-19(7-9-27)28-12-16-10-18(14-28)24-20(3-5-23(30)29(24)13-16)26-25(31)17-2-4-21-22(11-17)33-15-32-21/h2-5,11,16,18-19H,6-10,12-15H2,1H3,(H,26,31)/t16-,18+/m0/s1. The van der Waals surface area contributed by atoms with Gasteiger partial charge in [0, 0.05) is 48.9 Å². The lowest BCUT2D eigenvalue weighted by Crippen LogP contribution is -2.53. The number of fused-ring (bicyclic) bond motifs is 5. The minimum atomic E-state index is -0.208. The van der Waals surface area contributed by atoms with Gasteiger partial charge in [-0.3, -0.25) is 14.5 Å². The van der Waals surface area contributed by atoms with Gasteiger partial charge in [-0.25, -0.2) is 0 Å². The number of likely N-dealkylation sites (tertiary alicyclic amines) is 2. The molecule has 2 saturated heterocycles. The second kappa shape index (κ2) is 8.18. The van der Waals surface area contributed by atoms with Gasteiger partial charge in [0.2, 0.25) is 6.79 Å². The Morgan fingerprint density at radius 3 is 2.70 bits per heavy atom. The lowest BCUT2D eigenvalue weighted by molar-refractivity contribution is 0.0519. The summed E-state index contributed by atoms with van der Waals surface area (Å²) in [7, 11) is 2.19. The number of benzene rings is 1. The molecule has 0 spiro atoms. The predicted molar refractivity (Wildman–Crippen MR) is 124 cm³/mol. The summed E-state index contributed by atoms with van der Waals surface area (Å²) in [5.41, 5.74) is 2.25. The molecule has 0 radical (unpaired) electrons. The van der Waals surface area contributed by atoms with Crippen molar-refractivity contribution in [2.75, 3.05) is 45.3 Å². The number of nitrogens with one attached hydrogen (secondary N) is 1. The molecule has 2 bridgehead atoms. The molecule has 4 aliphatic heterocycles. The Morgan fingerprint density at radius 2 is 1.85 bits per heavy atom. The summed E-state index contributed by atoms with van der Waals surface area (Å²) >= 11 is 0. The Labute approximate surface area is 193 Å². The van der Waals surface area contributed by atoms with Crippen LogP contribution in [-0.4, -0.2) is 66.3 Å². The molecule has 2 atom stereocenters. The first-order valence-electron chi connectivity index (χ1n) is 11.9. The number of carbonyl (C=O) groups excluding carboxylic acids is 1. The number of rotatable bonds is 3. The molecular weight excluding hydrogens is 420 g/mol. The predicted octanol–water partition coefficient (Wildman–Crippen LogP) is 2.34. The first-order valence-corrected chi connectivity index (χ1v) is 11.9. The van der Waals surface area contributed by atoms with Crippen molar-refractivity contribution in [3.8, 4) is 11.5 Å². The number of carbonyl (C=O) groups is 1. The highest BCUT2D eigenvalue weighted by Crippen LogP contribution is 2.40. The lowest BCUT2D eigenvalue weighted by atomic mass is 9.81. The van der Waals surface area contributed by atoms with E-state index in [9.17, 15) is 9.59 Å². The third kappa shape index (κ3) is 3.81. The van der Waals surface area contributed by atoms with Crippen molar-refractivity contribution in [1.29, 1.82) is 0 Å². The van der Waals surface area contributed by atoms with Gasteiger partial charge in [-0.2, -0.15) is 0 Å². The van der Waals surface area contributed by atoms with Crippen LogP contribution < -0.4 is 20.3 Å².